The third-order valence-corrected chi connectivity index (χ3v) is 2.58. The van der Waals surface area contributed by atoms with E-state index in [1.165, 1.54) is 0 Å². The van der Waals surface area contributed by atoms with Crippen LogP contribution in [0.3, 0.4) is 0 Å². The van der Waals surface area contributed by atoms with Crippen LogP contribution in [0.5, 0.6) is 0 Å². The number of hydrogen-bond donors (Lipinski definition) is 1. The molecule has 0 aliphatic heterocycles. The van der Waals surface area contributed by atoms with Gasteiger partial charge in [0.05, 0.1) is 17.6 Å². The second kappa shape index (κ2) is 3.15. The number of hydrogen-bond acceptors (Lipinski definition) is 2. The molecule has 1 N–H and O–H groups in total. The molecule has 1 aromatic rings. The molecule has 1 fully saturated rings. The average Bonchev–Trinajstić information content (AvgIpc) is 2.97. The van der Waals surface area contributed by atoms with Gasteiger partial charge in [0.2, 0.25) is 0 Å². The summed E-state index contributed by atoms with van der Waals surface area (Å²) in [6, 6.07) is 9.17. The number of nitrogens with zero attached hydrogens (tertiary/aromatic N) is 1. The second-order valence-electron chi connectivity index (χ2n) is 3.52. The Morgan fingerprint density at radius 2 is 2.07 bits per heavy atom. The standard InChI is InChI=1S/C11H9NO2/c12-6-7-1-3-8(4-2-7)9-5-10(9)11(13)14/h1-4,9-10H,5H2,(H,13,14). The van der Waals surface area contributed by atoms with Gasteiger partial charge in [-0.05, 0) is 30.0 Å². The van der Waals surface area contributed by atoms with Gasteiger partial charge in [-0.3, -0.25) is 4.79 Å². The zero-order chi connectivity index (χ0) is 10.1. The summed E-state index contributed by atoms with van der Waals surface area (Å²) < 4.78 is 0. The zero-order valence-corrected chi connectivity index (χ0v) is 7.47. The number of carboxylic acids is 1. The molecule has 0 saturated heterocycles. The first kappa shape index (κ1) is 8.76. The lowest BCUT2D eigenvalue weighted by molar-refractivity contribution is -0.138. The maximum absolute atomic E-state index is 10.6. The Bertz CT molecular complexity index is 402. The van der Waals surface area contributed by atoms with Gasteiger partial charge in [0, 0.05) is 0 Å². The molecular formula is C11H9NO2. The van der Waals surface area contributed by atoms with E-state index in [4.69, 9.17) is 10.4 Å². The number of rotatable bonds is 2. The van der Waals surface area contributed by atoms with Crippen molar-refractivity contribution in [2.24, 2.45) is 5.92 Å². The summed E-state index contributed by atoms with van der Waals surface area (Å²) in [4.78, 5) is 10.6. The average molecular weight is 187 g/mol. The Kier molecular flexibility index (Phi) is 1.97. The van der Waals surface area contributed by atoms with Crippen molar-refractivity contribution in [2.75, 3.05) is 0 Å². The summed E-state index contributed by atoms with van der Waals surface area (Å²) in [6.07, 6.45) is 0.723. The minimum absolute atomic E-state index is 0.153. The lowest BCUT2D eigenvalue weighted by Crippen LogP contribution is -1.98. The van der Waals surface area contributed by atoms with Crippen LogP contribution in [0.25, 0.3) is 0 Å². The van der Waals surface area contributed by atoms with E-state index >= 15 is 0 Å². The molecule has 0 spiro atoms. The van der Waals surface area contributed by atoms with Crippen LogP contribution in [0.15, 0.2) is 24.3 Å². The van der Waals surface area contributed by atoms with E-state index in [9.17, 15) is 4.79 Å². The van der Waals surface area contributed by atoms with Gasteiger partial charge in [-0.15, -0.1) is 0 Å². The summed E-state index contributed by atoms with van der Waals surface area (Å²) in [5.41, 5.74) is 1.64. The third kappa shape index (κ3) is 1.47. The number of aliphatic carboxylic acids is 1. The number of benzene rings is 1. The van der Waals surface area contributed by atoms with Crippen molar-refractivity contribution >= 4 is 5.97 Å². The number of carboxylic acid groups (broad SMARTS) is 1. The Balaban J connectivity index is 2.13. The quantitative estimate of drug-likeness (QED) is 0.767. The minimum Gasteiger partial charge on any atom is -0.481 e. The van der Waals surface area contributed by atoms with E-state index in [0.717, 1.165) is 12.0 Å². The molecule has 3 nitrogen and oxygen atoms in total. The molecule has 2 atom stereocenters. The van der Waals surface area contributed by atoms with Crippen LogP contribution in [-0.4, -0.2) is 11.1 Å². The normalized spacial score (nSPS) is 23.9. The lowest BCUT2D eigenvalue weighted by Gasteiger charge is -1.97. The molecule has 1 aliphatic rings. The third-order valence-electron chi connectivity index (χ3n) is 2.58. The van der Waals surface area contributed by atoms with Gasteiger partial charge in [0.15, 0.2) is 0 Å². The minimum atomic E-state index is -0.723. The Morgan fingerprint density at radius 3 is 2.50 bits per heavy atom. The fourth-order valence-electron chi connectivity index (χ4n) is 1.64. The fourth-order valence-corrected chi connectivity index (χ4v) is 1.64. The van der Waals surface area contributed by atoms with E-state index in [0.29, 0.717) is 5.56 Å². The molecule has 3 heteroatoms. The molecule has 1 aromatic carbocycles. The maximum Gasteiger partial charge on any atom is 0.307 e. The van der Waals surface area contributed by atoms with Gasteiger partial charge >= 0.3 is 5.97 Å². The molecule has 0 radical (unpaired) electrons. The van der Waals surface area contributed by atoms with E-state index in [2.05, 4.69) is 0 Å². The van der Waals surface area contributed by atoms with E-state index in [1.54, 1.807) is 12.1 Å². The fraction of sp³-hybridized carbons (Fsp3) is 0.273. The molecule has 0 aromatic heterocycles. The van der Waals surface area contributed by atoms with Gasteiger partial charge < -0.3 is 5.11 Å². The van der Waals surface area contributed by atoms with Gasteiger partial charge in [-0.2, -0.15) is 5.26 Å². The van der Waals surface area contributed by atoms with Gasteiger partial charge in [-0.25, -0.2) is 0 Å². The number of nitriles is 1. The Morgan fingerprint density at radius 1 is 1.43 bits per heavy atom. The maximum atomic E-state index is 10.6. The van der Waals surface area contributed by atoms with Crippen LogP contribution in [0.2, 0.25) is 0 Å². The van der Waals surface area contributed by atoms with Crippen LogP contribution in [0.1, 0.15) is 23.5 Å². The van der Waals surface area contributed by atoms with Gasteiger partial charge in [-0.1, -0.05) is 12.1 Å². The molecule has 0 heterocycles. The molecule has 14 heavy (non-hydrogen) atoms. The van der Waals surface area contributed by atoms with Crippen LogP contribution in [0, 0.1) is 17.2 Å². The van der Waals surface area contributed by atoms with Crippen molar-refractivity contribution < 1.29 is 9.90 Å². The van der Waals surface area contributed by atoms with Crippen molar-refractivity contribution in [3.8, 4) is 6.07 Å². The van der Waals surface area contributed by atoms with Crippen molar-refractivity contribution in [1.29, 1.82) is 5.26 Å². The van der Waals surface area contributed by atoms with Crippen molar-refractivity contribution in [2.45, 2.75) is 12.3 Å². The predicted molar refractivity (Wildman–Crippen MR) is 49.6 cm³/mol. The van der Waals surface area contributed by atoms with E-state index in [1.807, 2.05) is 18.2 Å². The molecule has 0 bridgehead atoms. The topological polar surface area (TPSA) is 61.1 Å². The largest absolute Gasteiger partial charge is 0.481 e. The highest BCUT2D eigenvalue weighted by atomic mass is 16.4. The summed E-state index contributed by atoms with van der Waals surface area (Å²) >= 11 is 0. The van der Waals surface area contributed by atoms with Crippen LogP contribution >= 0.6 is 0 Å². The first-order chi connectivity index (χ1) is 6.72. The Hall–Kier alpha value is -1.82. The first-order valence-corrected chi connectivity index (χ1v) is 4.45. The smallest absolute Gasteiger partial charge is 0.307 e. The highest BCUT2D eigenvalue weighted by molar-refractivity contribution is 5.75. The van der Waals surface area contributed by atoms with Crippen LogP contribution in [0.4, 0.5) is 0 Å². The molecule has 2 unspecified atom stereocenters. The lowest BCUT2D eigenvalue weighted by atomic mass is 10.1. The van der Waals surface area contributed by atoms with E-state index in [-0.39, 0.29) is 11.8 Å². The van der Waals surface area contributed by atoms with Gasteiger partial charge in [0.25, 0.3) is 0 Å². The zero-order valence-electron chi connectivity index (χ0n) is 7.47. The monoisotopic (exact) mass is 187 g/mol. The van der Waals surface area contributed by atoms with Crippen LogP contribution < -0.4 is 0 Å². The molecule has 1 aliphatic carbocycles. The molecule has 70 valence electrons. The predicted octanol–water partition coefficient (Wildman–Crippen LogP) is 1.75. The highest BCUT2D eigenvalue weighted by Gasteiger charge is 2.43. The molecule has 0 amide bonds. The second-order valence-corrected chi connectivity index (χ2v) is 3.52. The first-order valence-electron chi connectivity index (χ1n) is 4.45. The Labute approximate surface area is 81.6 Å². The summed E-state index contributed by atoms with van der Waals surface area (Å²) in [5, 5.41) is 17.3. The highest BCUT2D eigenvalue weighted by Crippen LogP contribution is 2.47. The molecular weight excluding hydrogens is 178 g/mol. The summed E-state index contributed by atoms with van der Waals surface area (Å²) in [7, 11) is 0. The van der Waals surface area contributed by atoms with Crippen LogP contribution in [-0.2, 0) is 4.79 Å². The van der Waals surface area contributed by atoms with E-state index < -0.39 is 5.97 Å². The molecule has 2 rings (SSSR count). The summed E-state index contributed by atoms with van der Waals surface area (Å²) in [5.74, 6) is -0.789. The molecule has 1 saturated carbocycles. The van der Waals surface area contributed by atoms with Crippen molar-refractivity contribution in [1.82, 2.24) is 0 Å². The van der Waals surface area contributed by atoms with Crippen molar-refractivity contribution in [3.05, 3.63) is 35.4 Å². The SMILES string of the molecule is N#Cc1ccc(C2CC2C(=O)O)cc1. The van der Waals surface area contributed by atoms with Gasteiger partial charge in [0.1, 0.15) is 0 Å². The summed E-state index contributed by atoms with van der Waals surface area (Å²) in [6.45, 7) is 0. The number of carbonyl (C=O) groups is 1. The van der Waals surface area contributed by atoms with Crippen molar-refractivity contribution in [3.63, 3.8) is 0 Å².